The molecule has 3 aromatic carbocycles. The van der Waals surface area contributed by atoms with E-state index in [1.54, 1.807) is 24.3 Å². The fourth-order valence-electron chi connectivity index (χ4n) is 4.63. The summed E-state index contributed by atoms with van der Waals surface area (Å²) in [7, 11) is 0. The molecule has 1 aromatic heterocycles. The molecule has 1 atom stereocenters. The van der Waals surface area contributed by atoms with Crippen molar-refractivity contribution in [3.63, 3.8) is 0 Å². The Labute approximate surface area is 200 Å². The summed E-state index contributed by atoms with van der Waals surface area (Å²) in [5, 5.41) is 3.34. The summed E-state index contributed by atoms with van der Waals surface area (Å²) in [4.78, 5) is 42.1. The van der Waals surface area contributed by atoms with Crippen molar-refractivity contribution in [1.82, 2.24) is 19.8 Å². The number of hydrogen-bond acceptors (Lipinski definition) is 4. The zero-order chi connectivity index (χ0) is 24.4. The lowest BCUT2D eigenvalue weighted by Crippen LogP contribution is -2.37. The summed E-state index contributed by atoms with van der Waals surface area (Å²) in [6, 6.07) is 21.1. The van der Waals surface area contributed by atoms with Gasteiger partial charge < -0.3 is 5.32 Å². The highest BCUT2D eigenvalue weighted by Crippen LogP contribution is 2.17. The van der Waals surface area contributed by atoms with E-state index >= 15 is 0 Å². The zero-order valence-corrected chi connectivity index (χ0v) is 19.0. The molecule has 0 bridgehead atoms. The zero-order valence-electron chi connectivity index (χ0n) is 19.0. The smallest absolute Gasteiger partial charge is 0.329 e. The Balaban J connectivity index is 1.31. The topological polar surface area (TPSA) is 87.2 Å². The van der Waals surface area contributed by atoms with Crippen LogP contribution in [0.15, 0.2) is 82.4 Å². The van der Waals surface area contributed by atoms with E-state index in [0.29, 0.717) is 23.0 Å². The van der Waals surface area contributed by atoms with Crippen molar-refractivity contribution >= 4 is 16.8 Å². The van der Waals surface area contributed by atoms with Gasteiger partial charge in [-0.2, -0.15) is 0 Å². The predicted molar refractivity (Wildman–Crippen MR) is 132 cm³/mol. The SMILES string of the molecule is O=C(NC1CCN(Cc2ccccc2)C1)c1cc(Cn2c(=O)[nH]c(=O)c3ccccc32)ccc1F. The Morgan fingerprint density at radius 3 is 2.57 bits per heavy atom. The summed E-state index contributed by atoms with van der Waals surface area (Å²) >= 11 is 0. The van der Waals surface area contributed by atoms with Crippen molar-refractivity contribution in [2.45, 2.75) is 25.6 Å². The van der Waals surface area contributed by atoms with Gasteiger partial charge in [-0.05, 0) is 41.8 Å². The molecule has 35 heavy (non-hydrogen) atoms. The molecule has 0 aliphatic carbocycles. The van der Waals surface area contributed by atoms with Crippen molar-refractivity contribution in [2.75, 3.05) is 13.1 Å². The van der Waals surface area contributed by atoms with Crippen molar-refractivity contribution in [3.8, 4) is 0 Å². The van der Waals surface area contributed by atoms with Gasteiger partial charge in [0, 0.05) is 25.7 Å². The number of likely N-dealkylation sites (tertiary alicyclic amines) is 1. The summed E-state index contributed by atoms with van der Waals surface area (Å²) in [6.07, 6.45) is 0.790. The third kappa shape index (κ3) is 4.93. The molecule has 1 saturated heterocycles. The van der Waals surface area contributed by atoms with E-state index < -0.39 is 23.0 Å². The highest BCUT2D eigenvalue weighted by Gasteiger charge is 2.25. The fourth-order valence-corrected chi connectivity index (χ4v) is 4.63. The van der Waals surface area contributed by atoms with Crippen LogP contribution in [0.5, 0.6) is 0 Å². The number of carbonyl (C=O) groups is 1. The predicted octanol–water partition coefficient (Wildman–Crippen LogP) is 2.88. The molecular weight excluding hydrogens is 447 g/mol. The van der Waals surface area contributed by atoms with E-state index in [9.17, 15) is 18.8 Å². The second-order valence-electron chi connectivity index (χ2n) is 8.86. The minimum atomic E-state index is -0.621. The fraction of sp³-hybridized carbons (Fsp3) is 0.222. The Hall–Kier alpha value is -4.04. The van der Waals surface area contributed by atoms with Gasteiger partial charge in [0.2, 0.25) is 0 Å². The Bertz CT molecular complexity index is 1500. The number of benzene rings is 3. The van der Waals surface area contributed by atoms with Crippen molar-refractivity contribution in [2.24, 2.45) is 0 Å². The Morgan fingerprint density at radius 2 is 1.74 bits per heavy atom. The number of carbonyl (C=O) groups excluding carboxylic acids is 1. The standard InChI is InChI=1S/C27H25FN4O3/c28-23-11-10-19(16-32-24-9-5-4-8-21(24)25(33)30-27(32)35)14-22(23)26(34)29-20-12-13-31(17-20)15-18-6-2-1-3-7-18/h1-11,14,20H,12-13,15-17H2,(H,29,34)(H,30,33,35). The molecule has 1 amide bonds. The third-order valence-electron chi connectivity index (χ3n) is 6.38. The van der Waals surface area contributed by atoms with Crippen molar-refractivity contribution in [3.05, 3.63) is 116 Å². The number of fused-ring (bicyclic) bond motifs is 1. The number of hydrogen-bond donors (Lipinski definition) is 2. The van der Waals surface area contributed by atoms with Crippen LogP contribution in [0.2, 0.25) is 0 Å². The Morgan fingerprint density at radius 1 is 0.971 bits per heavy atom. The number of para-hydroxylation sites is 1. The van der Waals surface area contributed by atoms with Crippen LogP contribution in [-0.4, -0.2) is 39.5 Å². The molecule has 0 radical (unpaired) electrons. The molecule has 4 aromatic rings. The van der Waals surface area contributed by atoms with Gasteiger partial charge in [-0.1, -0.05) is 48.5 Å². The summed E-state index contributed by atoms with van der Waals surface area (Å²) in [6.45, 7) is 2.44. The molecule has 2 N–H and O–H groups in total. The van der Waals surface area contributed by atoms with E-state index in [1.165, 1.54) is 28.3 Å². The lowest BCUT2D eigenvalue weighted by Gasteiger charge is -2.17. The second-order valence-corrected chi connectivity index (χ2v) is 8.86. The van der Waals surface area contributed by atoms with Gasteiger partial charge in [0.25, 0.3) is 11.5 Å². The number of H-pyrrole nitrogens is 1. The van der Waals surface area contributed by atoms with Crippen LogP contribution in [0.25, 0.3) is 10.9 Å². The number of aromatic amines is 1. The van der Waals surface area contributed by atoms with Crippen LogP contribution >= 0.6 is 0 Å². The van der Waals surface area contributed by atoms with Gasteiger partial charge in [-0.25, -0.2) is 9.18 Å². The van der Waals surface area contributed by atoms with E-state index in [4.69, 9.17) is 0 Å². The highest BCUT2D eigenvalue weighted by atomic mass is 19.1. The maximum Gasteiger partial charge on any atom is 0.329 e. The average molecular weight is 473 g/mol. The maximum absolute atomic E-state index is 14.6. The summed E-state index contributed by atoms with van der Waals surface area (Å²) < 4.78 is 16.0. The van der Waals surface area contributed by atoms with Gasteiger partial charge in [-0.15, -0.1) is 0 Å². The molecule has 1 aliphatic heterocycles. The molecule has 0 spiro atoms. The van der Waals surface area contributed by atoms with Gasteiger partial charge in [-0.3, -0.25) is 24.0 Å². The number of nitrogens with one attached hydrogen (secondary N) is 2. The highest BCUT2D eigenvalue weighted by molar-refractivity contribution is 5.95. The van der Waals surface area contributed by atoms with E-state index in [0.717, 1.165) is 19.5 Å². The van der Waals surface area contributed by atoms with E-state index in [2.05, 4.69) is 27.3 Å². The van der Waals surface area contributed by atoms with Crippen LogP contribution in [0.1, 0.15) is 27.9 Å². The first-order valence-corrected chi connectivity index (χ1v) is 11.6. The molecule has 1 aliphatic rings. The number of aromatic nitrogens is 2. The monoisotopic (exact) mass is 472 g/mol. The third-order valence-corrected chi connectivity index (χ3v) is 6.38. The van der Waals surface area contributed by atoms with Gasteiger partial charge in [0.15, 0.2) is 0 Å². The van der Waals surface area contributed by atoms with Gasteiger partial charge >= 0.3 is 5.69 Å². The van der Waals surface area contributed by atoms with E-state index in [-0.39, 0.29) is 18.2 Å². The number of halogens is 1. The summed E-state index contributed by atoms with van der Waals surface area (Å²) in [5.74, 6) is -1.10. The van der Waals surface area contributed by atoms with Crippen LogP contribution in [0, 0.1) is 5.82 Å². The molecule has 1 unspecified atom stereocenters. The Kier molecular flexibility index (Phi) is 6.29. The largest absolute Gasteiger partial charge is 0.348 e. The van der Waals surface area contributed by atoms with Gasteiger partial charge in [0.1, 0.15) is 5.82 Å². The number of amides is 1. The molecule has 1 fully saturated rings. The van der Waals surface area contributed by atoms with Crippen molar-refractivity contribution in [1.29, 1.82) is 0 Å². The minimum Gasteiger partial charge on any atom is -0.348 e. The number of rotatable bonds is 6. The van der Waals surface area contributed by atoms with Crippen LogP contribution in [-0.2, 0) is 13.1 Å². The minimum absolute atomic E-state index is 0.0641. The van der Waals surface area contributed by atoms with Crippen molar-refractivity contribution < 1.29 is 9.18 Å². The van der Waals surface area contributed by atoms with Crippen LogP contribution in [0.4, 0.5) is 4.39 Å². The lowest BCUT2D eigenvalue weighted by atomic mass is 10.1. The van der Waals surface area contributed by atoms with Gasteiger partial charge in [0.05, 0.1) is 23.0 Å². The molecule has 178 valence electrons. The maximum atomic E-state index is 14.6. The van der Waals surface area contributed by atoms with E-state index in [1.807, 2.05) is 18.2 Å². The number of nitrogens with zero attached hydrogens (tertiary/aromatic N) is 2. The first-order valence-electron chi connectivity index (χ1n) is 11.6. The summed E-state index contributed by atoms with van der Waals surface area (Å²) in [5.41, 5.74) is 1.18. The molecular formula is C27H25FN4O3. The molecule has 0 saturated carbocycles. The lowest BCUT2D eigenvalue weighted by molar-refractivity contribution is 0.0933. The second kappa shape index (κ2) is 9.68. The first-order chi connectivity index (χ1) is 17.0. The normalized spacial score (nSPS) is 16.0. The van der Waals surface area contributed by atoms with Crippen LogP contribution < -0.4 is 16.6 Å². The molecule has 8 heteroatoms. The molecule has 7 nitrogen and oxygen atoms in total. The molecule has 2 heterocycles. The van der Waals surface area contributed by atoms with Crippen LogP contribution in [0.3, 0.4) is 0 Å². The quantitative estimate of drug-likeness (QED) is 0.452. The molecule has 5 rings (SSSR count). The average Bonchev–Trinajstić information content (AvgIpc) is 3.29. The first kappa shape index (κ1) is 22.7.